The van der Waals surface area contributed by atoms with Crippen LogP contribution >= 0.6 is 0 Å². The van der Waals surface area contributed by atoms with E-state index in [0.29, 0.717) is 18.4 Å². The highest BCUT2D eigenvalue weighted by molar-refractivity contribution is 6.03. The van der Waals surface area contributed by atoms with Crippen molar-refractivity contribution in [1.29, 1.82) is 0 Å². The van der Waals surface area contributed by atoms with Crippen LogP contribution in [0.15, 0.2) is 30.1 Å². The van der Waals surface area contributed by atoms with E-state index in [9.17, 15) is 18.8 Å². The van der Waals surface area contributed by atoms with Gasteiger partial charge in [0, 0.05) is 5.56 Å². The Morgan fingerprint density at radius 3 is 2.53 bits per heavy atom. The van der Waals surface area contributed by atoms with Crippen molar-refractivity contribution in [3.8, 4) is 0 Å². The zero-order valence-corrected chi connectivity index (χ0v) is 17.8. The Bertz CT molecular complexity index is 831. The van der Waals surface area contributed by atoms with Crippen LogP contribution in [0.4, 0.5) is 4.39 Å². The normalized spacial score (nSPS) is 16.5. The second-order valence-electron chi connectivity index (χ2n) is 7.44. The van der Waals surface area contributed by atoms with Gasteiger partial charge in [0.1, 0.15) is 17.1 Å². The molecule has 1 aliphatic carbocycles. The van der Waals surface area contributed by atoms with Gasteiger partial charge in [0.25, 0.3) is 0 Å². The minimum Gasteiger partial charge on any atom is -0.468 e. The summed E-state index contributed by atoms with van der Waals surface area (Å²) in [6.07, 6.45) is 3.25. The second kappa shape index (κ2) is 10.2. The maximum Gasteiger partial charge on any atom is 0.334 e. The van der Waals surface area contributed by atoms with E-state index in [0.717, 1.165) is 24.5 Å². The van der Waals surface area contributed by atoms with Gasteiger partial charge in [-0.2, -0.15) is 0 Å². The number of aryl methyl sites for hydroxylation is 1. The quantitative estimate of drug-likeness (QED) is 0.381. The monoisotopic (exact) mass is 420 g/mol. The molecule has 2 rings (SSSR count). The smallest absolute Gasteiger partial charge is 0.334 e. The fraction of sp³-hybridized carbons (Fsp3) is 0.500. The summed E-state index contributed by atoms with van der Waals surface area (Å²) in [6, 6.07) is 4.14. The van der Waals surface area contributed by atoms with Crippen molar-refractivity contribution in [1.82, 2.24) is 10.6 Å². The summed E-state index contributed by atoms with van der Waals surface area (Å²) < 4.78 is 24.1. The van der Waals surface area contributed by atoms with E-state index in [2.05, 4.69) is 10.6 Å². The van der Waals surface area contributed by atoms with Crippen molar-refractivity contribution in [2.24, 2.45) is 5.41 Å². The minimum atomic E-state index is -1.30. The Balaban J connectivity index is 2.29. The van der Waals surface area contributed by atoms with Crippen molar-refractivity contribution in [3.05, 3.63) is 47.0 Å². The maximum atomic E-state index is 14.3. The maximum absolute atomic E-state index is 14.3. The molecule has 1 aliphatic rings. The van der Waals surface area contributed by atoms with E-state index in [1.54, 1.807) is 26.0 Å². The van der Waals surface area contributed by atoms with Crippen molar-refractivity contribution in [2.45, 2.75) is 52.5 Å². The third-order valence-corrected chi connectivity index (χ3v) is 5.25. The second-order valence-corrected chi connectivity index (χ2v) is 7.44. The van der Waals surface area contributed by atoms with Crippen LogP contribution < -0.4 is 10.6 Å². The molecule has 0 radical (unpaired) electrons. The van der Waals surface area contributed by atoms with E-state index in [4.69, 9.17) is 9.47 Å². The lowest BCUT2D eigenvalue weighted by Crippen LogP contribution is -2.47. The molecule has 1 saturated carbocycles. The van der Waals surface area contributed by atoms with Gasteiger partial charge in [-0.15, -0.1) is 0 Å². The molecule has 1 amide bonds. The van der Waals surface area contributed by atoms with Gasteiger partial charge < -0.3 is 20.1 Å². The number of hydrogen-bond acceptors (Lipinski definition) is 6. The fourth-order valence-corrected chi connectivity index (χ4v) is 3.66. The number of carbonyl (C=O) groups excluding carboxylic acids is 3. The fourth-order valence-electron chi connectivity index (χ4n) is 3.66. The zero-order chi connectivity index (χ0) is 22.3. The van der Waals surface area contributed by atoms with Gasteiger partial charge in [0.2, 0.25) is 5.91 Å². The molecule has 0 bridgehead atoms. The first-order chi connectivity index (χ1) is 14.2. The summed E-state index contributed by atoms with van der Waals surface area (Å²) in [4.78, 5) is 37.4. The first-order valence-corrected chi connectivity index (χ1v) is 10.0. The molecule has 1 aromatic carbocycles. The molecule has 0 saturated heterocycles. The Labute approximate surface area is 176 Å². The van der Waals surface area contributed by atoms with Crippen LogP contribution in [0.1, 0.15) is 56.7 Å². The molecule has 0 spiro atoms. The van der Waals surface area contributed by atoms with Gasteiger partial charge in [-0.3, -0.25) is 9.59 Å². The molecule has 0 aromatic heterocycles. The molecule has 164 valence electrons. The lowest BCUT2D eigenvalue weighted by molar-refractivity contribution is -0.158. The van der Waals surface area contributed by atoms with Crippen LogP contribution in [0.25, 0.3) is 0 Å². The van der Waals surface area contributed by atoms with Crippen LogP contribution in [0.2, 0.25) is 0 Å². The number of nitrogens with one attached hydrogen (secondary N) is 2. The number of halogens is 1. The molecule has 30 heavy (non-hydrogen) atoms. The molecule has 0 aliphatic heterocycles. The van der Waals surface area contributed by atoms with Gasteiger partial charge >= 0.3 is 11.9 Å². The number of methoxy groups -OCH3 is 1. The van der Waals surface area contributed by atoms with E-state index >= 15 is 0 Å². The van der Waals surface area contributed by atoms with Crippen LogP contribution in [0, 0.1) is 18.2 Å². The molecule has 0 unspecified atom stereocenters. The molecule has 1 fully saturated rings. The van der Waals surface area contributed by atoms with Crippen molar-refractivity contribution < 1.29 is 28.2 Å². The number of rotatable bonds is 8. The number of benzene rings is 1. The summed E-state index contributed by atoms with van der Waals surface area (Å²) in [7, 11) is 1.24. The topological polar surface area (TPSA) is 93.7 Å². The minimum absolute atomic E-state index is 0.0297. The lowest BCUT2D eigenvalue weighted by atomic mass is 9.85. The first kappa shape index (κ1) is 23.4. The molecule has 7 nitrogen and oxygen atoms in total. The third-order valence-electron chi connectivity index (χ3n) is 5.25. The van der Waals surface area contributed by atoms with Crippen LogP contribution in [0.3, 0.4) is 0 Å². The third kappa shape index (κ3) is 5.37. The highest BCUT2D eigenvalue weighted by Crippen LogP contribution is 2.39. The highest BCUT2D eigenvalue weighted by Gasteiger charge is 2.49. The lowest BCUT2D eigenvalue weighted by Gasteiger charge is -2.27. The van der Waals surface area contributed by atoms with Gasteiger partial charge in [-0.25, -0.2) is 9.18 Å². The van der Waals surface area contributed by atoms with Gasteiger partial charge in [0.05, 0.1) is 25.8 Å². The Hall–Kier alpha value is -2.90. The van der Waals surface area contributed by atoms with E-state index in [-0.39, 0.29) is 12.4 Å². The molecule has 1 atom stereocenters. The average molecular weight is 420 g/mol. The molecule has 8 heteroatoms. The number of amides is 1. The molecular formula is C22H29FN2O5. The SMILES string of the molecule is CCOC(=O)C=C(NC(=O)C1(C(=O)OC)CCCC1)N[C@@H](C)c1cc(C)ccc1F. The molecule has 1 aromatic rings. The van der Waals surface area contributed by atoms with Crippen LogP contribution in [-0.4, -0.2) is 31.6 Å². The van der Waals surface area contributed by atoms with Crippen molar-refractivity contribution in [2.75, 3.05) is 13.7 Å². The number of ether oxygens (including phenoxy) is 2. The zero-order valence-electron chi connectivity index (χ0n) is 17.8. The van der Waals surface area contributed by atoms with Crippen LogP contribution in [-0.2, 0) is 23.9 Å². The van der Waals surface area contributed by atoms with Crippen LogP contribution in [0.5, 0.6) is 0 Å². The summed E-state index contributed by atoms with van der Waals surface area (Å²) in [5.74, 6) is -2.22. The van der Waals surface area contributed by atoms with Crippen molar-refractivity contribution >= 4 is 17.8 Å². The Morgan fingerprint density at radius 2 is 1.93 bits per heavy atom. The Kier molecular flexibility index (Phi) is 7.97. The van der Waals surface area contributed by atoms with Gasteiger partial charge in [-0.1, -0.05) is 30.5 Å². The summed E-state index contributed by atoms with van der Waals surface area (Å²) in [6.45, 7) is 5.36. The first-order valence-electron chi connectivity index (χ1n) is 10.0. The number of esters is 2. The molecule has 2 N–H and O–H groups in total. The summed E-state index contributed by atoms with van der Waals surface area (Å²) in [5, 5.41) is 5.58. The van der Waals surface area contributed by atoms with E-state index < -0.39 is 35.1 Å². The standard InChI is InChI=1S/C22H29FN2O5/c1-5-30-19(26)13-18(24-15(3)16-12-14(2)8-9-17(16)23)25-20(27)22(21(28)29-4)10-6-7-11-22/h8-9,12-13,15,24H,5-7,10-11H2,1-4H3,(H,25,27)/t15-/m0/s1. The average Bonchev–Trinajstić information content (AvgIpc) is 3.20. The molecular weight excluding hydrogens is 391 g/mol. The van der Waals surface area contributed by atoms with Gasteiger partial charge in [-0.05, 0) is 39.7 Å². The number of hydrogen-bond donors (Lipinski definition) is 2. The predicted octanol–water partition coefficient (Wildman–Crippen LogP) is 3.04. The van der Waals surface area contributed by atoms with E-state index in [1.807, 2.05) is 6.92 Å². The largest absolute Gasteiger partial charge is 0.468 e. The van der Waals surface area contributed by atoms with E-state index in [1.165, 1.54) is 13.2 Å². The number of carbonyl (C=O) groups is 3. The summed E-state index contributed by atoms with van der Waals surface area (Å²) >= 11 is 0. The Morgan fingerprint density at radius 1 is 1.27 bits per heavy atom. The van der Waals surface area contributed by atoms with Gasteiger partial charge in [0.15, 0.2) is 0 Å². The predicted molar refractivity (Wildman–Crippen MR) is 108 cm³/mol. The molecule has 0 heterocycles. The highest BCUT2D eigenvalue weighted by atomic mass is 19.1. The summed E-state index contributed by atoms with van der Waals surface area (Å²) in [5.41, 5.74) is -0.0553. The van der Waals surface area contributed by atoms with Crippen molar-refractivity contribution in [3.63, 3.8) is 0 Å².